The summed E-state index contributed by atoms with van der Waals surface area (Å²) in [7, 11) is 0. The minimum absolute atomic E-state index is 0.0514. The second-order valence-corrected chi connectivity index (χ2v) is 6.58. The van der Waals surface area contributed by atoms with Crippen LogP contribution in [0, 0.1) is 12.7 Å². The first kappa shape index (κ1) is 18.5. The quantitative estimate of drug-likeness (QED) is 0.561. The van der Waals surface area contributed by atoms with Crippen molar-refractivity contribution in [3.63, 3.8) is 0 Å². The zero-order valence-electron chi connectivity index (χ0n) is 15.6. The first-order valence-electron chi connectivity index (χ1n) is 8.99. The van der Waals surface area contributed by atoms with Gasteiger partial charge in [-0.15, -0.1) is 0 Å². The maximum Gasteiger partial charge on any atom is 0.266 e. The molecule has 0 aliphatic rings. The molecule has 2 aromatic carbocycles. The van der Waals surface area contributed by atoms with Crippen LogP contribution in [0.2, 0.25) is 0 Å². The molecule has 7 nitrogen and oxygen atoms in total. The van der Waals surface area contributed by atoms with Gasteiger partial charge >= 0.3 is 0 Å². The molecule has 29 heavy (non-hydrogen) atoms. The average Bonchev–Trinajstić information content (AvgIpc) is 3.15. The van der Waals surface area contributed by atoms with Gasteiger partial charge in [0.05, 0.1) is 0 Å². The Labute approximate surface area is 164 Å². The normalized spacial score (nSPS) is 11.0. The second kappa shape index (κ2) is 7.67. The number of fused-ring (bicyclic) bond motifs is 1. The van der Waals surface area contributed by atoms with E-state index in [0.29, 0.717) is 16.9 Å². The van der Waals surface area contributed by atoms with Gasteiger partial charge in [-0.3, -0.25) is 14.2 Å². The summed E-state index contributed by atoms with van der Waals surface area (Å²) >= 11 is 0. The van der Waals surface area contributed by atoms with Gasteiger partial charge in [0.2, 0.25) is 5.91 Å². The van der Waals surface area contributed by atoms with E-state index in [1.807, 2.05) is 30.3 Å². The molecule has 146 valence electrons. The molecule has 0 bridgehead atoms. The van der Waals surface area contributed by atoms with E-state index >= 15 is 0 Å². The Bertz CT molecular complexity index is 1250. The Morgan fingerprint density at radius 3 is 2.76 bits per heavy atom. The fourth-order valence-electron chi connectivity index (χ4n) is 3.03. The predicted molar refractivity (Wildman–Crippen MR) is 106 cm³/mol. The number of halogens is 1. The van der Waals surface area contributed by atoms with Gasteiger partial charge in [-0.1, -0.05) is 35.5 Å². The van der Waals surface area contributed by atoms with Crippen molar-refractivity contribution in [2.75, 3.05) is 5.32 Å². The summed E-state index contributed by atoms with van der Waals surface area (Å²) in [6.07, 6.45) is 1.39. The number of benzene rings is 2. The number of rotatable bonds is 5. The SMILES string of the molecule is Cc1cc(F)ccc1NC(=O)CCn1cnc2onc(-c3ccccc3)c2c1=O. The predicted octanol–water partition coefficient (Wildman–Crippen LogP) is 3.53. The van der Waals surface area contributed by atoms with Crippen molar-refractivity contribution in [3.05, 3.63) is 76.6 Å². The number of nitrogens with one attached hydrogen (secondary N) is 1. The summed E-state index contributed by atoms with van der Waals surface area (Å²) in [4.78, 5) is 29.3. The number of anilines is 1. The number of aromatic nitrogens is 3. The standard InChI is InChI=1S/C21H17FN4O3/c1-13-11-15(22)7-8-16(13)24-17(27)9-10-26-12-23-20-18(21(26)28)19(25-29-20)14-5-3-2-4-6-14/h2-8,11-12H,9-10H2,1H3,(H,24,27). The van der Waals surface area contributed by atoms with Gasteiger partial charge in [0.25, 0.3) is 11.3 Å². The van der Waals surface area contributed by atoms with Crippen LogP contribution in [-0.2, 0) is 11.3 Å². The highest BCUT2D eigenvalue weighted by Gasteiger charge is 2.17. The van der Waals surface area contributed by atoms with Gasteiger partial charge in [0.1, 0.15) is 23.2 Å². The van der Waals surface area contributed by atoms with Crippen molar-refractivity contribution >= 4 is 22.7 Å². The molecule has 1 amide bonds. The lowest BCUT2D eigenvalue weighted by Crippen LogP contribution is -2.23. The van der Waals surface area contributed by atoms with Crippen molar-refractivity contribution in [1.82, 2.24) is 14.7 Å². The lowest BCUT2D eigenvalue weighted by molar-refractivity contribution is -0.116. The molecule has 2 aromatic heterocycles. The van der Waals surface area contributed by atoms with E-state index < -0.39 is 0 Å². The molecule has 4 rings (SSSR count). The fraction of sp³-hybridized carbons (Fsp3) is 0.143. The molecule has 0 saturated carbocycles. The van der Waals surface area contributed by atoms with E-state index in [-0.39, 0.29) is 41.3 Å². The molecule has 4 aromatic rings. The molecule has 0 spiro atoms. The molecule has 0 radical (unpaired) electrons. The van der Waals surface area contributed by atoms with Crippen LogP contribution < -0.4 is 10.9 Å². The van der Waals surface area contributed by atoms with Gasteiger partial charge in [-0.2, -0.15) is 0 Å². The van der Waals surface area contributed by atoms with Crippen molar-refractivity contribution in [1.29, 1.82) is 0 Å². The molecule has 0 unspecified atom stereocenters. The van der Waals surface area contributed by atoms with Crippen LogP contribution in [0.1, 0.15) is 12.0 Å². The van der Waals surface area contributed by atoms with Crippen molar-refractivity contribution in [3.8, 4) is 11.3 Å². The molecule has 1 N–H and O–H groups in total. The maximum absolute atomic E-state index is 13.2. The summed E-state index contributed by atoms with van der Waals surface area (Å²) in [6.45, 7) is 1.84. The molecule has 0 atom stereocenters. The highest BCUT2D eigenvalue weighted by Crippen LogP contribution is 2.23. The summed E-state index contributed by atoms with van der Waals surface area (Å²) in [5.41, 5.74) is 2.13. The van der Waals surface area contributed by atoms with Gasteiger partial charge < -0.3 is 9.84 Å². The van der Waals surface area contributed by atoms with Gasteiger partial charge in [-0.25, -0.2) is 9.37 Å². The number of carbonyl (C=O) groups is 1. The Morgan fingerprint density at radius 2 is 2.00 bits per heavy atom. The topological polar surface area (TPSA) is 90.0 Å². The molecule has 0 aliphatic carbocycles. The van der Waals surface area contributed by atoms with E-state index in [1.165, 1.54) is 29.1 Å². The maximum atomic E-state index is 13.2. The number of amides is 1. The third-order valence-corrected chi connectivity index (χ3v) is 4.55. The first-order valence-corrected chi connectivity index (χ1v) is 8.99. The number of hydrogen-bond donors (Lipinski definition) is 1. The van der Waals surface area contributed by atoms with E-state index in [9.17, 15) is 14.0 Å². The Kier molecular flexibility index (Phi) is 4.90. The Balaban J connectivity index is 1.55. The summed E-state index contributed by atoms with van der Waals surface area (Å²) < 4.78 is 19.7. The highest BCUT2D eigenvalue weighted by molar-refractivity contribution is 5.91. The molecule has 2 heterocycles. The summed E-state index contributed by atoms with van der Waals surface area (Å²) in [5, 5.41) is 6.97. The van der Waals surface area contributed by atoms with Gasteiger partial charge in [0, 0.05) is 24.2 Å². The monoisotopic (exact) mass is 392 g/mol. The van der Waals surface area contributed by atoms with Crippen LogP contribution >= 0.6 is 0 Å². The second-order valence-electron chi connectivity index (χ2n) is 6.58. The molecule has 0 aliphatic heterocycles. The minimum atomic E-state index is -0.366. The first-order chi connectivity index (χ1) is 14.0. The number of nitrogens with zero attached hydrogens (tertiary/aromatic N) is 3. The third-order valence-electron chi connectivity index (χ3n) is 4.55. The molecule has 8 heteroatoms. The molecule has 0 fully saturated rings. The van der Waals surface area contributed by atoms with Crippen LogP contribution in [0.5, 0.6) is 0 Å². The molecular weight excluding hydrogens is 375 g/mol. The number of hydrogen-bond acceptors (Lipinski definition) is 5. The van der Waals surface area contributed by atoms with E-state index in [1.54, 1.807) is 6.92 Å². The van der Waals surface area contributed by atoms with Crippen molar-refractivity contribution < 1.29 is 13.7 Å². The lowest BCUT2D eigenvalue weighted by Gasteiger charge is -2.09. The minimum Gasteiger partial charge on any atom is -0.335 e. The lowest BCUT2D eigenvalue weighted by atomic mass is 10.1. The van der Waals surface area contributed by atoms with Crippen LogP contribution in [0.3, 0.4) is 0 Å². The molecule has 0 saturated heterocycles. The largest absolute Gasteiger partial charge is 0.335 e. The zero-order chi connectivity index (χ0) is 20.4. The van der Waals surface area contributed by atoms with Gasteiger partial charge in [-0.05, 0) is 30.7 Å². The van der Waals surface area contributed by atoms with Crippen LogP contribution in [0.25, 0.3) is 22.4 Å². The highest BCUT2D eigenvalue weighted by atomic mass is 19.1. The van der Waals surface area contributed by atoms with Crippen LogP contribution in [-0.4, -0.2) is 20.6 Å². The van der Waals surface area contributed by atoms with Crippen molar-refractivity contribution in [2.24, 2.45) is 0 Å². The average molecular weight is 392 g/mol. The number of carbonyl (C=O) groups excluding carboxylic acids is 1. The molecular formula is C21H17FN4O3. The summed E-state index contributed by atoms with van der Waals surface area (Å²) in [5.74, 6) is -0.658. The van der Waals surface area contributed by atoms with E-state index in [2.05, 4.69) is 15.5 Å². The Morgan fingerprint density at radius 1 is 1.21 bits per heavy atom. The van der Waals surface area contributed by atoms with E-state index in [4.69, 9.17) is 4.52 Å². The smallest absolute Gasteiger partial charge is 0.266 e. The zero-order valence-corrected chi connectivity index (χ0v) is 15.6. The van der Waals surface area contributed by atoms with Crippen LogP contribution in [0.4, 0.5) is 10.1 Å². The third kappa shape index (κ3) is 3.77. The van der Waals surface area contributed by atoms with E-state index in [0.717, 1.165) is 5.56 Å². The summed E-state index contributed by atoms with van der Waals surface area (Å²) in [6, 6.07) is 13.3. The van der Waals surface area contributed by atoms with Gasteiger partial charge in [0.15, 0.2) is 0 Å². The fourth-order valence-corrected chi connectivity index (χ4v) is 3.03. The number of aryl methyl sites for hydroxylation is 2. The van der Waals surface area contributed by atoms with Crippen molar-refractivity contribution in [2.45, 2.75) is 19.9 Å². The van der Waals surface area contributed by atoms with Crippen LogP contribution in [0.15, 0.2) is 64.2 Å². The Hall–Kier alpha value is -3.81.